The van der Waals surface area contributed by atoms with Crippen LogP contribution in [0.15, 0.2) is 53.6 Å². The summed E-state index contributed by atoms with van der Waals surface area (Å²) in [6.07, 6.45) is 0.712. The minimum atomic E-state index is -0.749. The maximum Gasteiger partial charge on any atom is 0.247 e. The number of rotatable bonds is 9. The van der Waals surface area contributed by atoms with Crippen LogP contribution in [0.1, 0.15) is 30.5 Å². The normalized spacial score (nSPS) is 15.8. The molecule has 0 fully saturated rings. The monoisotopic (exact) mass is 481 g/mol. The molecular weight excluding hydrogens is 450 g/mol. The first-order valence-corrected chi connectivity index (χ1v) is 12.5. The molecule has 34 heavy (non-hydrogen) atoms. The molecular formula is C26H31N3O4S. The number of nitrogens with zero attached hydrogens (tertiary/aromatic N) is 2. The van der Waals surface area contributed by atoms with Gasteiger partial charge in [-0.05, 0) is 25.5 Å². The zero-order valence-electron chi connectivity index (χ0n) is 19.9. The summed E-state index contributed by atoms with van der Waals surface area (Å²) in [5, 5.41) is 4.99. The van der Waals surface area contributed by atoms with Gasteiger partial charge in [0.05, 0.1) is 24.4 Å². The van der Waals surface area contributed by atoms with E-state index in [2.05, 4.69) is 9.88 Å². The molecule has 0 bridgehead atoms. The first-order valence-electron chi connectivity index (χ1n) is 11.5. The van der Waals surface area contributed by atoms with E-state index < -0.39 is 6.04 Å². The number of para-hydroxylation sites is 2. The molecule has 7 nitrogen and oxygen atoms in total. The fraction of sp³-hybridized carbons (Fsp3) is 0.385. The number of nitrogens with one attached hydrogen (secondary N) is 1. The molecule has 0 aliphatic carbocycles. The quantitative estimate of drug-likeness (QED) is 0.469. The Bertz CT molecular complexity index is 1180. The number of carbonyl (C=O) groups excluding carboxylic acids is 2. The third-order valence-electron chi connectivity index (χ3n) is 6.08. The topological polar surface area (TPSA) is 72.8 Å². The molecule has 2 amide bonds. The molecule has 0 saturated carbocycles. The summed E-state index contributed by atoms with van der Waals surface area (Å²) in [4.78, 5) is 28.8. The minimum absolute atomic E-state index is 0.0781. The predicted octanol–water partition coefficient (Wildman–Crippen LogP) is 3.91. The number of carbonyl (C=O) groups is 2. The molecule has 1 aromatic heterocycles. The van der Waals surface area contributed by atoms with Crippen LogP contribution in [0, 0.1) is 0 Å². The van der Waals surface area contributed by atoms with E-state index in [9.17, 15) is 9.59 Å². The number of aryl methyl sites for hydroxylation is 1. The largest absolute Gasteiger partial charge is 0.496 e. The van der Waals surface area contributed by atoms with Gasteiger partial charge in [-0.15, -0.1) is 0 Å². The van der Waals surface area contributed by atoms with E-state index >= 15 is 0 Å². The molecule has 1 N–H and O–H groups in total. The lowest BCUT2D eigenvalue weighted by Gasteiger charge is -2.30. The van der Waals surface area contributed by atoms with E-state index in [0.29, 0.717) is 31.9 Å². The third-order valence-corrected chi connectivity index (χ3v) is 7.24. The second-order valence-electron chi connectivity index (χ2n) is 8.16. The second kappa shape index (κ2) is 11.0. The van der Waals surface area contributed by atoms with E-state index in [0.717, 1.165) is 27.1 Å². The molecule has 1 unspecified atom stereocenters. The Balaban J connectivity index is 1.76. The van der Waals surface area contributed by atoms with Crippen LogP contribution >= 0.6 is 11.8 Å². The molecule has 0 saturated heterocycles. The Morgan fingerprint density at radius 1 is 1.18 bits per heavy atom. The van der Waals surface area contributed by atoms with E-state index in [4.69, 9.17) is 9.47 Å². The molecule has 3 aromatic rings. The summed E-state index contributed by atoms with van der Waals surface area (Å²) < 4.78 is 13.0. The number of methoxy groups -OCH3 is 1. The zero-order chi connectivity index (χ0) is 24.1. The van der Waals surface area contributed by atoms with Gasteiger partial charge in [0.2, 0.25) is 11.8 Å². The molecule has 8 heteroatoms. The summed E-state index contributed by atoms with van der Waals surface area (Å²) in [7, 11) is 3.61. The van der Waals surface area contributed by atoms with Gasteiger partial charge >= 0.3 is 0 Å². The lowest BCUT2D eigenvalue weighted by atomic mass is 10.0. The molecule has 1 aliphatic heterocycles. The number of aromatic nitrogens is 1. The highest BCUT2D eigenvalue weighted by Crippen LogP contribution is 2.42. The number of amides is 2. The average Bonchev–Trinajstić information content (AvgIpc) is 3.04. The lowest BCUT2D eigenvalue weighted by molar-refractivity contribution is -0.139. The van der Waals surface area contributed by atoms with E-state index in [1.807, 2.05) is 62.5 Å². The number of ether oxygens (including phenoxy) is 2. The summed E-state index contributed by atoms with van der Waals surface area (Å²) in [5.74, 6) is 0.701. The first kappa shape index (κ1) is 24.2. The maximum atomic E-state index is 13.7. The van der Waals surface area contributed by atoms with Crippen molar-refractivity contribution in [2.24, 2.45) is 7.05 Å². The van der Waals surface area contributed by atoms with Crippen LogP contribution < -0.4 is 10.1 Å². The number of benzene rings is 2. The van der Waals surface area contributed by atoms with Crippen molar-refractivity contribution in [2.45, 2.75) is 31.0 Å². The van der Waals surface area contributed by atoms with Gasteiger partial charge in [0.25, 0.3) is 0 Å². The molecule has 180 valence electrons. The highest BCUT2D eigenvalue weighted by Gasteiger charge is 2.39. The van der Waals surface area contributed by atoms with Crippen LogP contribution in [0.25, 0.3) is 10.9 Å². The first-order chi connectivity index (χ1) is 16.6. The van der Waals surface area contributed by atoms with E-state index in [1.165, 1.54) is 11.8 Å². The van der Waals surface area contributed by atoms with Crippen molar-refractivity contribution in [2.75, 3.05) is 32.6 Å². The minimum Gasteiger partial charge on any atom is -0.496 e. The Hall–Kier alpha value is -2.97. The van der Waals surface area contributed by atoms with Gasteiger partial charge < -0.3 is 24.3 Å². The van der Waals surface area contributed by atoms with Gasteiger partial charge in [-0.2, -0.15) is 0 Å². The van der Waals surface area contributed by atoms with Crippen molar-refractivity contribution >= 4 is 34.5 Å². The van der Waals surface area contributed by atoms with Gasteiger partial charge in [-0.1, -0.05) is 48.2 Å². The van der Waals surface area contributed by atoms with Crippen LogP contribution in [0.4, 0.5) is 0 Å². The fourth-order valence-electron chi connectivity index (χ4n) is 4.45. The van der Waals surface area contributed by atoms with Gasteiger partial charge in [-0.3, -0.25) is 9.59 Å². The average molecular weight is 482 g/mol. The number of thioether (sulfide) groups is 1. The predicted molar refractivity (Wildman–Crippen MR) is 134 cm³/mol. The summed E-state index contributed by atoms with van der Waals surface area (Å²) in [6.45, 7) is 3.95. The molecule has 0 radical (unpaired) electrons. The smallest absolute Gasteiger partial charge is 0.247 e. The Morgan fingerprint density at radius 3 is 2.74 bits per heavy atom. The van der Waals surface area contributed by atoms with Gasteiger partial charge in [0, 0.05) is 48.8 Å². The van der Waals surface area contributed by atoms with Crippen molar-refractivity contribution in [1.82, 2.24) is 14.8 Å². The maximum absolute atomic E-state index is 13.7. The fourth-order valence-corrected chi connectivity index (χ4v) is 5.54. The standard InChI is InChI=1S/C26H31N3O4S/c1-4-33-15-9-14-27-25(31)24-23-19-11-6-7-12-20(19)28(2)26(23)34-17-22(30)29(24)16-18-10-5-8-13-21(18)32-3/h5-8,10-13,24H,4,9,14-17H2,1-3H3,(H,27,31). The summed E-state index contributed by atoms with van der Waals surface area (Å²) >= 11 is 1.49. The van der Waals surface area contributed by atoms with Crippen molar-refractivity contribution in [3.8, 4) is 5.75 Å². The molecule has 1 atom stereocenters. The second-order valence-corrected chi connectivity index (χ2v) is 9.13. The Morgan fingerprint density at radius 2 is 1.94 bits per heavy atom. The summed E-state index contributed by atoms with van der Waals surface area (Å²) in [6, 6.07) is 14.9. The molecule has 0 spiro atoms. The van der Waals surface area contributed by atoms with Crippen LogP contribution in [0.2, 0.25) is 0 Å². The van der Waals surface area contributed by atoms with Crippen molar-refractivity contribution in [3.05, 3.63) is 59.7 Å². The van der Waals surface area contributed by atoms with Crippen molar-refractivity contribution in [1.29, 1.82) is 0 Å². The van der Waals surface area contributed by atoms with Crippen molar-refractivity contribution < 1.29 is 19.1 Å². The lowest BCUT2D eigenvalue weighted by Crippen LogP contribution is -2.43. The van der Waals surface area contributed by atoms with Crippen LogP contribution in [0.3, 0.4) is 0 Å². The van der Waals surface area contributed by atoms with Crippen LogP contribution in [0.5, 0.6) is 5.75 Å². The molecule has 4 rings (SSSR count). The van der Waals surface area contributed by atoms with E-state index in [-0.39, 0.29) is 24.1 Å². The van der Waals surface area contributed by atoms with E-state index in [1.54, 1.807) is 12.0 Å². The van der Waals surface area contributed by atoms with Gasteiger partial charge in [0.15, 0.2) is 0 Å². The number of hydrogen-bond acceptors (Lipinski definition) is 5. The van der Waals surface area contributed by atoms with Gasteiger partial charge in [-0.25, -0.2) is 0 Å². The Kier molecular flexibility index (Phi) is 7.80. The zero-order valence-corrected chi connectivity index (χ0v) is 20.7. The SMILES string of the molecule is CCOCCCNC(=O)C1c2c(n(C)c3ccccc23)SCC(=O)N1Cc1ccccc1OC. The Labute approximate surface area is 204 Å². The highest BCUT2D eigenvalue weighted by atomic mass is 32.2. The molecule has 1 aliphatic rings. The number of fused-ring (bicyclic) bond motifs is 3. The van der Waals surface area contributed by atoms with Crippen molar-refractivity contribution in [3.63, 3.8) is 0 Å². The molecule has 2 heterocycles. The van der Waals surface area contributed by atoms with Gasteiger partial charge in [0.1, 0.15) is 11.8 Å². The van der Waals surface area contributed by atoms with Crippen LogP contribution in [-0.4, -0.2) is 53.9 Å². The number of hydrogen-bond donors (Lipinski definition) is 1. The molecule has 2 aromatic carbocycles. The van der Waals surface area contributed by atoms with Crippen LogP contribution in [-0.2, 0) is 27.9 Å². The summed E-state index contributed by atoms with van der Waals surface area (Å²) in [5.41, 5.74) is 2.79. The third kappa shape index (κ3) is 4.79. The highest BCUT2D eigenvalue weighted by molar-refractivity contribution is 8.00.